The summed E-state index contributed by atoms with van der Waals surface area (Å²) in [5, 5.41) is 0. The fraction of sp³-hybridized carbons (Fsp3) is 0.750. The van der Waals surface area contributed by atoms with Crippen LogP contribution in [0.2, 0.25) is 0 Å². The first-order chi connectivity index (χ1) is 6.32. The van der Waals surface area contributed by atoms with E-state index in [0.29, 0.717) is 12.8 Å². The molecule has 0 aromatic rings. The predicted octanol–water partition coefficient (Wildman–Crippen LogP) is 2.05. The molecule has 0 atom stereocenters. The summed E-state index contributed by atoms with van der Waals surface area (Å²) in [6, 6.07) is 0. The smallest absolute Gasteiger partial charge is 0.386 e. The van der Waals surface area contributed by atoms with Gasteiger partial charge in [-0.2, -0.15) is 13.2 Å². The van der Waals surface area contributed by atoms with E-state index in [1.54, 1.807) is 13.8 Å². The van der Waals surface area contributed by atoms with Crippen LogP contribution in [0.4, 0.5) is 13.2 Å². The normalized spacial score (nSPS) is 10.8. The van der Waals surface area contributed by atoms with Crippen molar-refractivity contribution in [3.63, 3.8) is 0 Å². The van der Waals surface area contributed by atoms with E-state index in [4.69, 9.17) is 0 Å². The van der Waals surface area contributed by atoms with Gasteiger partial charge in [-0.05, 0) is 12.8 Å². The first-order valence-electron chi connectivity index (χ1n) is 4.15. The fourth-order valence-corrected chi connectivity index (χ4v) is 0.855. The Hall–Kier alpha value is -0.576. The van der Waals surface area contributed by atoms with Crippen molar-refractivity contribution in [1.29, 1.82) is 0 Å². The third-order valence-corrected chi connectivity index (χ3v) is 1.74. The van der Waals surface area contributed by atoms with Gasteiger partial charge >= 0.3 is 18.1 Å². The molecule has 0 saturated heterocycles. The second-order valence-electron chi connectivity index (χ2n) is 2.72. The van der Waals surface area contributed by atoms with E-state index in [1.807, 2.05) is 0 Å². The maximum absolute atomic E-state index is 11.7. The minimum atomic E-state index is -5.11. The van der Waals surface area contributed by atoms with Gasteiger partial charge in [-0.15, -0.1) is 0 Å². The average Bonchev–Trinajstić information content (AvgIpc) is 2.04. The van der Waals surface area contributed by atoms with Crippen LogP contribution < -0.4 is 0 Å². The zero-order valence-electron chi connectivity index (χ0n) is 8.17. The Morgan fingerprint density at radius 1 is 1.20 bits per heavy atom. The number of hydrogen-bond donors (Lipinski definition) is 0. The minimum Gasteiger partial charge on any atom is -0.386 e. The van der Waals surface area contributed by atoms with Crippen LogP contribution in [0.25, 0.3) is 0 Å². The van der Waals surface area contributed by atoms with E-state index in [2.05, 4.69) is 4.74 Å². The molecule has 0 spiro atoms. The Morgan fingerprint density at radius 3 is 1.87 bits per heavy atom. The fourth-order valence-electron chi connectivity index (χ4n) is 0.855. The zero-order valence-corrected chi connectivity index (χ0v) is 9.15. The predicted molar refractivity (Wildman–Crippen MR) is 41.2 cm³/mol. The molecule has 0 aromatic carbocycles. The Balaban J connectivity index is 0. The van der Waals surface area contributed by atoms with Crippen molar-refractivity contribution >= 4 is 11.9 Å². The van der Waals surface area contributed by atoms with Crippen LogP contribution in [0.1, 0.15) is 26.7 Å². The molecule has 3 nitrogen and oxygen atoms in total. The Bertz CT molecular complexity index is 224. The number of ether oxygens (including phenoxy) is 1. The van der Waals surface area contributed by atoms with Crippen molar-refractivity contribution < 1.29 is 44.0 Å². The Kier molecular flexibility index (Phi) is 7.66. The largest absolute Gasteiger partial charge is 0.491 e. The van der Waals surface area contributed by atoms with Crippen molar-refractivity contribution in [2.75, 3.05) is 0 Å². The molecule has 92 valence electrons. The van der Waals surface area contributed by atoms with Gasteiger partial charge < -0.3 is 4.74 Å². The summed E-state index contributed by atoms with van der Waals surface area (Å²) in [4.78, 5) is 21.2. The van der Waals surface area contributed by atoms with Crippen molar-refractivity contribution in [2.24, 2.45) is 5.92 Å². The molecule has 0 heterocycles. The molecule has 0 bridgehead atoms. The summed E-state index contributed by atoms with van der Waals surface area (Å²) in [5.74, 6) is -4.21. The molecule has 0 unspecified atom stereocenters. The molecule has 0 aromatic heterocycles. The SMILES string of the molecule is CCC(CC)C(=O)OC(=O)C(F)(F)F.[Ni]. The number of hydrogen-bond acceptors (Lipinski definition) is 3. The van der Waals surface area contributed by atoms with Crippen LogP contribution in [-0.2, 0) is 30.8 Å². The van der Waals surface area contributed by atoms with Gasteiger partial charge in [-0.25, -0.2) is 4.79 Å². The summed E-state index contributed by atoms with van der Waals surface area (Å²) in [6.07, 6.45) is -4.41. The molecule has 0 saturated carbocycles. The molecule has 0 amide bonds. The number of rotatable bonds is 3. The van der Waals surface area contributed by atoms with Crippen molar-refractivity contribution in [2.45, 2.75) is 32.9 Å². The summed E-state index contributed by atoms with van der Waals surface area (Å²) in [6.45, 7) is 3.26. The zero-order chi connectivity index (χ0) is 11.4. The van der Waals surface area contributed by atoms with Gasteiger partial charge in [-0.3, -0.25) is 4.79 Å². The number of halogens is 3. The van der Waals surface area contributed by atoms with Crippen LogP contribution in [0, 0.1) is 5.92 Å². The second-order valence-corrected chi connectivity index (χ2v) is 2.72. The molecule has 15 heavy (non-hydrogen) atoms. The quantitative estimate of drug-likeness (QED) is 0.448. The second kappa shape index (κ2) is 6.82. The molecule has 0 aliphatic carbocycles. The van der Waals surface area contributed by atoms with Crippen molar-refractivity contribution in [3.05, 3.63) is 0 Å². The van der Waals surface area contributed by atoms with E-state index in [0.717, 1.165) is 0 Å². The van der Waals surface area contributed by atoms with Gasteiger partial charge in [0, 0.05) is 16.5 Å². The molecule has 0 N–H and O–H groups in total. The minimum absolute atomic E-state index is 0. The number of alkyl halides is 3. The molecular weight excluding hydrogens is 260 g/mol. The third-order valence-electron chi connectivity index (χ3n) is 1.74. The van der Waals surface area contributed by atoms with Crippen LogP contribution in [-0.4, -0.2) is 18.1 Å². The van der Waals surface area contributed by atoms with Crippen LogP contribution in [0.5, 0.6) is 0 Å². The van der Waals surface area contributed by atoms with Crippen LogP contribution >= 0.6 is 0 Å². The summed E-state index contributed by atoms with van der Waals surface area (Å²) < 4.78 is 38.6. The molecule has 0 aliphatic heterocycles. The maximum atomic E-state index is 11.7. The van der Waals surface area contributed by atoms with E-state index in [-0.39, 0.29) is 16.5 Å². The molecule has 0 aliphatic rings. The third kappa shape index (κ3) is 5.77. The maximum Gasteiger partial charge on any atom is 0.491 e. The Morgan fingerprint density at radius 2 is 1.60 bits per heavy atom. The van der Waals surface area contributed by atoms with Gasteiger partial charge in [0.05, 0.1) is 5.92 Å². The monoisotopic (exact) mass is 270 g/mol. The average molecular weight is 271 g/mol. The number of esters is 2. The van der Waals surface area contributed by atoms with Crippen LogP contribution in [0.15, 0.2) is 0 Å². The molecule has 0 rings (SSSR count). The summed E-state index contributed by atoms with van der Waals surface area (Å²) in [5.41, 5.74) is 0. The summed E-state index contributed by atoms with van der Waals surface area (Å²) >= 11 is 0. The molecule has 7 heteroatoms. The first-order valence-corrected chi connectivity index (χ1v) is 4.15. The molecular formula is C8H11F3NiO3. The topological polar surface area (TPSA) is 43.4 Å². The summed E-state index contributed by atoms with van der Waals surface area (Å²) in [7, 11) is 0. The standard InChI is InChI=1S/C8H11F3O3.Ni/c1-3-5(4-2)6(12)14-7(13)8(9,10)11;/h5H,3-4H2,1-2H3;. The first kappa shape index (κ1) is 16.8. The Labute approximate surface area is 95.3 Å². The van der Waals surface area contributed by atoms with Gasteiger partial charge in [-0.1, -0.05) is 13.8 Å². The van der Waals surface area contributed by atoms with Gasteiger partial charge in [0.25, 0.3) is 0 Å². The molecule has 0 fully saturated rings. The van der Waals surface area contributed by atoms with Crippen molar-refractivity contribution in [1.82, 2.24) is 0 Å². The van der Waals surface area contributed by atoms with Gasteiger partial charge in [0.2, 0.25) is 0 Å². The van der Waals surface area contributed by atoms with Gasteiger partial charge in [0.15, 0.2) is 0 Å². The number of carbonyl (C=O) groups excluding carboxylic acids is 2. The van der Waals surface area contributed by atoms with E-state index in [1.165, 1.54) is 0 Å². The number of carbonyl (C=O) groups is 2. The van der Waals surface area contributed by atoms with E-state index < -0.39 is 24.0 Å². The molecule has 0 radical (unpaired) electrons. The van der Waals surface area contributed by atoms with Crippen molar-refractivity contribution in [3.8, 4) is 0 Å². The van der Waals surface area contributed by atoms with Gasteiger partial charge in [0.1, 0.15) is 0 Å². The van der Waals surface area contributed by atoms with E-state index in [9.17, 15) is 22.8 Å². The van der Waals surface area contributed by atoms with E-state index >= 15 is 0 Å². The van der Waals surface area contributed by atoms with Crippen LogP contribution in [0.3, 0.4) is 0 Å².